The number of rotatable bonds is 7. The van der Waals surface area contributed by atoms with Crippen LogP contribution in [0, 0.1) is 0 Å². The fraction of sp³-hybridized carbons (Fsp3) is 0.611. The van der Waals surface area contributed by atoms with Crippen molar-refractivity contribution in [1.82, 2.24) is 10.6 Å². The predicted molar refractivity (Wildman–Crippen MR) is 105 cm³/mol. The second-order valence-corrected chi connectivity index (χ2v) is 8.13. The smallest absolute Gasteiger partial charge is 0.191 e. The Morgan fingerprint density at radius 2 is 1.96 bits per heavy atom. The molecule has 1 saturated heterocycles. The molecule has 2 rings (SSSR count). The molecule has 4 nitrogen and oxygen atoms in total. The highest BCUT2D eigenvalue weighted by atomic mass is 35.5. The van der Waals surface area contributed by atoms with Crippen LogP contribution in [0.25, 0.3) is 0 Å². The number of benzene rings is 1. The third kappa shape index (κ3) is 6.19. The first-order valence-corrected chi connectivity index (χ1v) is 9.94. The molecule has 1 fully saturated rings. The molecule has 1 aliphatic heterocycles. The molecule has 0 bridgehead atoms. The number of thioether (sulfide) groups is 1. The summed E-state index contributed by atoms with van der Waals surface area (Å²) in [6.07, 6.45) is 3.14. The Morgan fingerprint density at radius 1 is 1.25 bits per heavy atom. The summed E-state index contributed by atoms with van der Waals surface area (Å²) in [5, 5.41) is 7.68. The van der Waals surface area contributed by atoms with Gasteiger partial charge < -0.3 is 15.4 Å². The second kappa shape index (κ2) is 10.2. The zero-order valence-corrected chi connectivity index (χ0v) is 16.2. The van der Waals surface area contributed by atoms with E-state index >= 15 is 0 Å². The van der Waals surface area contributed by atoms with E-state index in [0.717, 1.165) is 62.3 Å². The van der Waals surface area contributed by atoms with Gasteiger partial charge in [0.15, 0.2) is 5.96 Å². The number of nitrogens with one attached hydrogen (secondary N) is 2. The van der Waals surface area contributed by atoms with Crippen LogP contribution in [0.15, 0.2) is 29.3 Å². The van der Waals surface area contributed by atoms with Gasteiger partial charge in [0.1, 0.15) is 0 Å². The van der Waals surface area contributed by atoms with Crippen LogP contribution in [0.4, 0.5) is 0 Å². The van der Waals surface area contributed by atoms with Gasteiger partial charge in [0.2, 0.25) is 0 Å². The maximum Gasteiger partial charge on any atom is 0.191 e. The summed E-state index contributed by atoms with van der Waals surface area (Å²) in [7, 11) is 1.82. The normalized spacial score (nSPS) is 17.5. The molecule has 6 heteroatoms. The molecule has 1 aliphatic rings. The van der Waals surface area contributed by atoms with Gasteiger partial charge in [-0.25, -0.2) is 0 Å². The van der Waals surface area contributed by atoms with E-state index in [1.807, 2.05) is 30.9 Å². The summed E-state index contributed by atoms with van der Waals surface area (Å²) >= 11 is 7.95. The van der Waals surface area contributed by atoms with E-state index in [-0.39, 0.29) is 4.75 Å². The quantitative estimate of drug-likeness (QED) is 0.571. The first-order chi connectivity index (χ1) is 11.7. The van der Waals surface area contributed by atoms with Gasteiger partial charge in [-0.05, 0) is 42.7 Å². The zero-order chi connectivity index (χ0) is 17.3. The van der Waals surface area contributed by atoms with E-state index in [4.69, 9.17) is 16.3 Å². The molecule has 1 heterocycles. The van der Waals surface area contributed by atoms with Crippen molar-refractivity contribution in [3.05, 3.63) is 34.9 Å². The first-order valence-electron chi connectivity index (χ1n) is 8.58. The third-order valence-corrected chi connectivity index (χ3v) is 5.98. The Balaban J connectivity index is 1.77. The van der Waals surface area contributed by atoms with E-state index in [0.29, 0.717) is 0 Å². The molecule has 0 amide bonds. The number of hydrogen-bond acceptors (Lipinski definition) is 3. The van der Waals surface area contributed by atoms with E-state index in [1.54, 1.807) is 0 Å². The third-order valence-electron chi connectivity index (χ3n) is 4.28. The van der Waals surface area contributed by atoms with Crippen LogP contribution >= 0.6 is 23.4 Å². The molecule has 2 N–H and O–H groups in total. The lowest BCUT2D eigenvalue weighted by molar-refractivity contribution is 0.0782. The molecule has 0 spiro atoms. The van der Waals surface area contributed by atoms with E-state index in [2.05, 4.69) is 34.7 Å². The Labute approximate surface area is 154 Å². The average molecular weight is 370 g/mol. The summed E-state index contributed by atoms with van der Waals surface area (Å²) < 4.78 is 5.79. The standard InChI is InChI=1S/C18H28ClN3OS/c1-3-24-18(9-12-23-13-10-18)14-22-17(20-2)21-11-8-15-4-6-16(19)7-5-15/h4-7H,3,8-14H2,1-2H3,(H2,20,21,22). The highest BCUT2D eigenvalue weighted by Gasteiger charge is 2.32. The fourth-order valence-corrected chi connectivity index (χ4v) is 4.23. The van der Waals surface area contributed by atoms with Gasteiger partial charge in [-0.15, -0.1) is 0 Å². The lowest BCUT2D eigenvalue weighted by atomic mass is 9.99. The minimum atomic E-state index is 0.265. The SMILES string of the molecule is CCSC1(CNC(=NC)NCCc2ccc(Cl)cc2)CCOCC1. The van der Waals surface area contributed by atoms with Crippen LogP contribution in [0.5, 0.6) is 0 Å². The Bertz CT molecular complexity index is 510. The van der Waals surface area contributed by atoms with Crippen LogP contribution in [0.3, 0.4) is 0 Å². The van der Waals surface area contributed by atoms with Crippen LogP contribution in [-0.4, -0.2) is 49.8 Å². The minimum Gasteiger partial charge on any atom is -0.381 e. The van der Waals surface area contributed by atoms with Crippen molar-refractivity contribution in [1.29, 1.82) is 0 Å². The Kier molecular flexibility index (Phi) is 8.22. The molecule has 1 aromatic rings. The van der Waals surface area contributed by atoms with Crippen LogP contribution in [0.2, 0.25) is 5.02 Å². The van der Waals surface area contributed by atoms with Gasteiger partial charge in [-0.2, -0.15) is 11.8 Å². The number of ether oxygens (including phenoxy) is 1. The molecule has 1 aromatic carbocycles. The van der Waals surface area contributed by atoms with E-state index in [9.17, 15) is 0 Å². The van der Waals surface area contributed by atoms with Crippen molar-refractivity contribution in [2.75, 3.05) is 39.1 Å². The number of nitrogens with zero attached hydrogens (tertiary/aromatic N) is 1. The molecule has 24 heavy (non-hydrogen) atoms. The number of aliphatic imine (C=N–C) groups is 1. The molecule has 0 aromatic heterocycles. The summed E-state index contributed by atoms with van der Waals surface area (Å²) in [4.78, 5) is 4.34. The maximum absolute atomic E-state index is 5.92. The van der Waals surface area contributed by atoms with E-state index in [1.165, 1.54) is 5.56 Å². The van der Waals surface area contributed by atoms with Crippen LogP contribution in [0.1, 0.15) is 25.3 Å². The first kappa shape index (κ1) is 19.4. The fourth-order valence-electron chi connectivity index (χ4n) is 2.86. The molecule has 0 aliphatic carbocycles. The second-order valence-electron chi connectivity index (χ2n) is 5.96. The molecule has 0 atom stereocenters. The van der Waals surface area contributed by atoms with Gasteiger partial charge in [0, 0.05) is 43.1 Å². The van der Waals surface area contributed by atoms with Gasteiger partial charge in [0.05, 0.1) is 0 Å². The minimum absolute atomic E-state index is 0.265. The number of hydrogen-bond donors (Lipinski definition) is 2. The molecular formula is C18H28ClN3OS. The lowest BCUT2D eigenvalue weighted by Crippen LogP contribution is -2.48. The van der Waals surface area contributed by atoms with Crippen molar-refractivity contribution in [2.45, 2.75) is 30.9 Å². The summed E-state index contributed by atoms with van der Waals surface area (Å²) in [5.74, 6) is 2.00. The van der Waals surface area contributed by atoms with Crippen LogP contribution in [-0.2, 0) is 11.2 Å². The number of guanidine groups is 1. The topological polar surface area (TPSA) is 45.7 Å². The van der Waals surface area contributed by atoms with Gasteiger partial charge >= 0.3 is 0 Å². The summed E-state index contributed by atoms with van der Waals surface area (Å²) in [6.45, 7) is 5.71. The van der Waals surface area contributed by atoms with Gasteiger partial charge in [-0.3, -0.25) is 4.99 Å². The highest BCUT2D eigenvalue weighted by molar-refractivity contribution is 8.00. The summed E-state index contributed by atoms with van der Waals surface area (Å²) in [5.41, 5.74) is 1.27. The molecule has 0 radical (unpaired) electrons. The van der Waals surface area contributed by atoms with Crippen molar-refractivity contribution in [3.63, 3.8) is 0 Å². The van der Waals surface area contributed by atoms with Crippen molar-refractivity contribution in [3.8, 4) is 0 Å². The van der Waals surface area contributed by atoms with Crippen molar-refractivity contribution in [2.24, 2.45) is 4.99 Å². The molecule has 0 saturated carbocycles. The Hall–Kier alpha value is -0.910. The van der Waals surface area contributed by atoms with Crippen LogP contribution < -0.4 is 10.6 Å². The maximum atomic E-state index is 5.92. The van der Waals surface area contributed by atoms with Gasteiger partial charge in [-0.1, -0.05) is 30.7 Å². The van der Waals surface area contributed by atoms with Crippen molar-refractivity contribution >= 4 is 29.3 Å². The zero-order valence-electron chi connectivity index (χ0n) is 14.6. The summed E-state index contributed by atoms with van der Waals surface area (Å²) in [6, 6.07) is 7.99. The predicted octanol–water partition coefficient (Wildman–Crippen LogP) is 3.35. The molecular weight excluding hydrogens is 342 g/mol. The number of halogens is 1. The largest absolute Gasteiger partial charge is 0.381 e. The lowest BCUT2D eigenvalue weighted by Gasteiger charge is -2.37. The highest BCUT2D eigenvalue weighted by Crippen LogP contribution is 2.34. The monoisotopic (exact) mass is 369 g/mol. The van der Waals surface area contributed by atoms with E-state index < -0.39 is 0 Å². The molecule has 134 valence electrons. The average Bonchev–Trinajstić information content (AvgIpc) is 2.61. The van der Waals surface area contributed by atoms with Crippen molar-refractivity contribution < 1.29 is 4.74 Å². The molecule has 0 unspecified atom stereocenters. The van der Waals surface area contributed by atoms with Gasteiger partial charge in [0.25, 0.3) is 0 Å². The Morgan fingerprint density at radius 3 is 2.58 bits per heavy atom.